The number of ether oxygens (including phenoxy) is 2. The van der Waals surface area contributed by atoms with Crippen molar-refractivity contribution in [2.75, 3.05) is 7.11 Å². The van der Waals surface area contributed by atoms with Crippen LogP contribution < -0.4 is 5.32 Å². The standard InChI is InChI=1S/C15H16N2O6/c1-9(14(19)17-15(20)21-2)22-13(18)8-7-12-16-10-5-3-4-6-11(10)23-12/h3-6,9H,7-8H2,1-2H3,(H,17,19,20)/t9-/m1/s1. The molecule has 0 radical (unpaired) electrons. The van der Waals surface area contributed by atoms with E-state index in [0.29, 0.717) is 17.0 Å². The van der Waals surface area contributed by atoms with E-state index in [-0.39, 0.29) is 12.8 Å². The molecule has 0 unspecified atom stereocenters. The first-order valence-corrected chi connectivity index (χ1v) is 6.92. The third kappa shape index (κ3) is 4.53. The summed E-state index contributed by atoms with van der Waals surface area (Å²) in [6.45, 7) is 1.36. The van der Waals surface area contributed by atoms with Crippen molar-refractivity contribution in [3.8, 4) is 0 Å². The van der Waals surface area contributed by atoms with Gasteiger partial charge in [0.2, 0.25) is 0 Å². The molecule has 0 spiro atoms. The molecule has 0 saturated heterocycles. The Morgan fingerprint density at radius 3 is 2.74 bits per heavy atom. The maximum Gasteiger partial charge on any atom is 0.413 e. The number of fused-ring (bicyclic) bond motifs is 1. The van der Waals surface area contributed by atoms with Gasteiger partial charge < -0.3 is 13.9 Å². The second-order valence-corrected chi connectivity index (χ2v) is 4.69. The molecule has 0 aliphatic carbocycles. The van der Waals surface area contributed by atoms with Gasteiger partial charge in [0, 0.05) is 6.42 Å². The first-order valence-electron chi connectivity index (χ1n) is 6.92. The van der Waals surface area contributed by atoms with Gasteiger partial charge in [-0.2, -0.15) is 0 Å². The van der Waals surface area contributed by atoms with Gasteiger partial charge >= 0.3 is 12.1 Å². The Morgan fingerprint density at radius 2 is 2.04 bits per heavy atom. The Kier molecular flexibility index (Phi) is 5.29. The van der Waals surface area contributed by atoms with Crippen molar-refractivity contribution in [3.63, 3.8) is 0 Å². The summed E-state index contributed by atoms with van der Waals surface area (Å²) in [4.78, 5) is 38.4. The minimum atomic E-state index is -1.11. The first-order chi connectivity index (χ1) is 11.0. The van der Waals surface area contributed by atoms with Crippen molar-refractivity contribution in [1.82, 2.24) is 10.3 Å². The molecule has 23 heavy (non-hydrogen) atoms. The fourth-order valence-corrected chi connectivity index (χ4v) is 1.80. The lowest BCUT2D eigenvalue weighted by Crippen LogP contribution is -2.39. The molecule has 0 aliphatic heterocycles. The summed E-state index contributed by atoms with van der Waals surface area (Å²) in [6.07, 6.45) is -1.77. The molecule has 2 rings (SSSR count). The Balaban J connectivity index is 1.82. The van der Waals surface area contributed by atoms with E-state index in [1.54, 1.807) is 12.1 Å². The predicted octanol–water partition coefficient (Wildman–Crippen LogP) is 1.57. The van der Waals surface area contributed by atoms with Crippen LogP contribution in [-0.4, -0.2) is 36.2 Å². The molecule has 2 aromatic rings. The van der Waals surface area contributed by atoms with Crippen LogP contribution in [0, 0.1) is 0 Å². The van der Waals surface area contributed by atoms with Crippen molar-refractivity contribution >= 4 is 29.1 Å². The highest BCUT2D eigenvalue weighted by Crippen LogP contribution is 2.15. The number of oxazole rings is 1. The van der Waals surface area contributed by atoms with E-state index in [1.807, 2.05) is 17.4 Å². The molecule has 8 heteroatoms. The van der Waals surface area contributed by atoms with Crippen molar-refractivity contribution in [1.29, 1.82) is 0 Å². The van der Waals surface area contributed by atoms with Crippen LogP contribution in [-0.2, 0) is 25.5 Å². The number of carbonyl (C=O) groups excluding carboxylic acids is 3. The van der Waals surface area contributed by atoms with E-state index < -0.39 is 24.1 Å². The zero-order valence-electron chi connectivity index (χ0n) is 12.7. The number of carbonyl (C=O) groups is 3. The molecule has 122 valence electrons. The van der Waals surface area contributed by atoms with Crippen LogP contribution in [0.15, 0.2) is 28.7 Å². The highest BCUT2D eigenvalue weighted by molar-refractivity contribution is 5.94. The second-order valence-electron chi connectivity index (χ2n) is 4.69. The lowest BCUT2D eigenvalue weighted by molar-refractivity contribution is -0.154. The summed E-state index contributed by atoms with van der Waals surface area (Å²) in [5, 5.41) is 1.92. The van der Waals surface area contributed by atoms with Gasteiger partial charge in [0.25, 0.3) is 5.91 Å². The van der Waals surface area contributed by atoms with E-state index in [0.717, 1.165) is 7.11 Å². The van der Waals surface area contributed by atoms with Crippen molar-refractivity contribution in [3.05, 3.63) is 30.2 Å². The highest BCUT2D eigenvalue weighted by atomic mass is 16.6. The van der Waals surface area contributed by atoms with E-state index in [9.17, 15) is 14.4 Å². The van der Waals surface area contributed by atoms with Crippen LogP contribution in [0.5, 0.6) is 0 Å². The number of alkyl carbamates (subject to hydrolysis) is 1. The van der Waals surface area contributed by atoms with Crippen LogP contribution in [0.2, 0.25) is 0 Å². The Labute approximate surface area is 131 Å². The van der Waals surface area contributed by atoms with E-state index in [2.05, 4.69) is 9.72 Å². The molecular formula is C15H16N2O6. The maximum atomic E-state index is 11.7. The minimum absolute atomic E-state index is 0.00264. The number of para-hydroxylation sites is 2. The lowest BCUT2D eigenvalue weighted by atomic mass is 10.3. The van der Waals surface area contributed by atoms with Gasteiger partial charge in [0.05, 0.1) is 13.5 Å². The van der Waals surface area contributed by atoms with Gasteiger partial charge in [-0.3, -0.25) is 14.9 Å². The van der Waals surface area contributed by atoms with Crippen LogP contribution in [0.1, 0.15) is 19.2 Å². The number of esters is 1. The van der Waals surface area contributed by atoms with E-state index in [4.69, 9.17) is 9.15 Å². The largest absolute Gasteiger partial charge is 0.453 e. The summed E-state index contributed by atoms with van der Waals surface area (Å²) in [6, 6.07) is 7.25. The van der Waals surface area contributed by atoms with E-state index in [1.165, 1.54) is 6.92 Å². The van der Waals surface area contributed by atoms with Crippen LogP contribution in [0.4, 0.5) is 4.79 Å². The van der Waals surface area contributed by atoms with Crippen LogP contribution in [0.25, 0.3) is 11.1 Å². The lowest BCUT2D eigenvalue weighted by Gasteiger charge is -2.11. The Morgan fingerprint density at radius 1 is 1.30 bits per heavy atom. The van der Waals surface area contributed by atoms with Crippen molar-refractivity contribution in [2.45, 2.75) is 25.9 Å². The number of hydrogen-bond donors (Lipinski definition) is 1. The third-order valence-corrected chi connectivity index (χ3v) is 2.97. The second kappa shape index (κ2) is 7.39. The molecule has 0 bridgehead atoms. The fourth-order valence-electron chi connectivity index (χ4n) is 1.80. The molecule has 1 N–H and O–H groups in total. The van der Waals surface area contributed by atoms with Crippen molar-refractivity contribution < 1.29 is 28.3 Å². The predicted molar refractivity (Wildman–Crippen MR) is 78.4 cm³/mol. The molecule has 0 fully saturated rings. The molecule has 0 aliphatic rings. The zero-order valence-corrected chi connectivity index (χ0v) is 12.7. The molecular weight excluding hydrogens is 304 g/mol. The van der Waals surface area contributed by atoms with Gasteiger partial charge in [-0.15, -0.1) is 0 Å². The number of aromatic nitrogens is 1. The quantitative estimate of drug-likeness (QED) is 0.833. The molecule has 0 saturated carbocycles. The molecule has 1 heterocycles. The fraction of sp³-hybridized carbons (Fsp3) is 0.333. The number of nitrogens with zero attached hydrogens (tertiary/aromatic N) is 1. The third-order valence-electron chi connectivity index (χ3n) is 2.97. The van der Waals surface area contributed by atoms with Gasteiger partial charge in [0.15, 0.2) is 17.6 Å². The number of methoxy groups -OCH3 is 1. The van der Waals surface area contributed by atoms with Gasteiger partial charge in [-0.1, -0.05) is 12.1 Å². The highest BCUT2D eigenvalue weighted by Gasteiger charge is 2.20. The molecule has 1 aromatic carbocycles. The first kappa shape index (κ1) is 16.5. The molecule has 1 aromatic heterocycles. The molecule has 2 amide bonds. The van der Waals surface area contributed by atoms with Crippen LogP contribution in [0.3, 0.4) is 0 Å². The van der Waals surface area contributed by atoms with Crippen LogP contribution >= 0.6 is 0 Å². The molecule has 1 atom stereocenters. The van der Waals surface area contributed by atoms with Crippen molar-refractivity contribution in [2.24, 2.45) is 0 Å². The summed E-state index contributed by atoms with van der Waals surface area (Å²) in [7, 11) is 1.12. The minimum Gasteiger partial charge on any atom is -0.453 e. The summed E-state index contributed by atoms with van der Waals surface area (Å²) >= 11 is 0. The van der Waals surface area contributed by atoms with Gasteiger partial charge in [0.1, 0.15) is 5.52 Å². The average Bonchev–Trinajstić information content (AvgIpc) is 2.95. The maximum absolute atomic E-state index is 11.7. The Bertz CT molecular complexity index is 691. The Hall–Kier alpha value is -2.90. The number of rotatable bonds is 5. The smallest absolute Gasteiger partial charge is 0.413 e. The number of benzene rings is 1. The van der Waals surface area contributed by atoms with Gasteiger partial charge in [-0.05, 0) is 19.1 Å². The number of amides is 2. The van der Waals surface area contributed by atoms with Gasteiger partial charge in [-0.25, -0.2) is 9.78 Å². The monoisotopic (exact) mass is 320 g/mol. The number of hydrogen-bond acceptors (Lipinski definition) is 7. The topological polar surface area (TPSA) is 108 Å². The number of imide groups is 1. The summed E-state index contributed by atoms with van der Waals surface area (Å²) in [5.74, 6) is -0.943. The summed E-state index contributed by atoms with van der Waals surface area (Å²) in [5.41, 5.74) is 1.35. The zero-order chi connectivity index (χ0) is 16.8. The normalized spacial score (nSPS) is 11.7. The number of aryl methyl sites for hydroxylation is 1. The molecule has 8 nitrogen and oxygen atoms in total. The average molecular weight is 320 g/mol. The number of nitrogens with one attached hydrogen (secondary N) is 1. The van der Waals surface area contributed by atoms with E-state index >= 15 is 0 Å². The SMILES string of the molecule is COC(=O)NC(=O)[C@@H](C)OC(=O)CCc1nc2ccccc2o1. The summed E-state index contributed by atoms with van der Waals surface area (Å²) < 4.78 is 14.7.